The number of nitrogens with zero attached hydrogens (tertiary/aromatic N) is 2. The molecular weight excluding hydrogens is 334 g/mol. The number of halogens is 1. The standard InChI is InChI=1S/C15H24BrN3O2/c1-6-18-9-11(16)8-12(18)14(21)19(7-2)10-13(20)17-15(3,4)5/h8-9H,6-7,10H2,1-5H3,(H,17,20). The van der Waals surface area contributed by atoms with Crippen LogP contribution in [0.3, 0.4) is 0 Å². The summed E-state index contributed by atoms with van der Waals surface area (Å²) in [6.07, 6.45) is 1.87. The topological polar surface area (TPSA) is 54.3 Å². The van der Waals surface area contributed by atoms with Crippen molar-refractivity contribution in [3.63, 3.8) is 0 Å². The van der Waals surface area contributed by atoms with Gasteiger partial charge in [-0.2, -0.15) is 0 Å². The van der Waals surface area contributed by atoms with E-state index in [4.69, 9.17) is 0 Å². The van der Waals surface area contributed by atoms with E-state index in [2.05, 4.69) is 21.2 Å². The fraction of sp³-hybridized carbons (Fsp3) is 0.600. The molecule has 0 aliphatic carbocycles. The molecule has 118 valence electrons. The Morgan fingerprint density at radius 2 is 1.95 bits per heavy atom. The number of aromatic nitrogens is 1. The lowest BCUT2D eigenvalue weighted by atomic mass is 10.1. The Bertz CT molecular complexity index is 517. The fourth-order valence-corrected chi connectivity index (χ4v) is 2.50. The molecule has 1 aromatic heterocycles. The Balaban J connectivity index is 2.84. The number of hydrogen-bond donors (Lipinski definition) is 1. The van der Waals surface area contributed by atoms with Crippen molar-refractivity contribution in [1.29, 1.82) is 0 Å². The van der Waals surface area contributed by atoms with E-state index < -0.39 is 0 Å². The first-order valence-corrected chi connectivity index (χ1v) is 7.93. The van der Waals surface area contributed by atoms with Crippen LogP contribution in [0.25, 0.3) is 0 Å². The minimum absolute atomic E-state index is 0.0686. The molecule has 2 amide bonds. The Kier molecular flexibility index (Phi) is 6.01. The average Bonchev–Trinajstić information content (AvgIpc) is 2.74. The summed E-state index contributed by atoms with van der Waals surface area (Å²) in [6.45, 7) is 10.9. The maximum Gasteiger partial charge on any atom is 0.270 e. The molecule has 0 aliphatic rings. The Morgan fingerprint density at radius 1 is 1.33 bits per heavy atom. The Labute approximate surface area is 134 Å². The lowest BCUT2D eigenvalue weighted by Crippen LogP contribution is -2.47. The zero-order valence-electron chi connectivity index (χ0n) is 13.4. The van der Waals surface area contributed by atoms with E-state index in [0.29, 0.717) is 18.8 Å². The normalized spacial score (nSPS) is 11.3. The highest BCUT2D eigenvalue weighted by Gasteiger charge is 2.22. The Hall–Kier alpha value is -1.30. The molecule has 5 nitrogen and oxygen atoms in total. The van der Waals surface area contributed by atoms with Crippen molar-refractivity contribution in [2.24, 2.45) is 0 Å². The van der Waals surface area contributed by atoms with E-state index in [1.54, 1.807) is 11.0 Å². The van der Waals surface area contributed by atoms with Gasteiger partial charge in [-0.1, -0.05) is 0 Å². The van der Waals surface area contributed by atoms with Crippen LogP contribution < -0.4 is 5.32 Å². The number of nitrogens with one attached hydrogen (secondary N) is 1. The van der Waals surface area contributed by atoms with Gasteiger partial charge in [0.05, 0.1) is 6.54 Å². The van der Waals surface area contributed by atoms with Crippen LogP contribution in [-0.4, -0.2) is 39.9 Å². The molecule has 0 saturated carbocycles. The lowest BCUT2D eigenvalue weighted by Gasteiger charge is -2.25. The number of amides is 2. The number of hydrogen-bond acceptors (Lipinski definition) is 2. The number of likely N-dealkylation sites (N-methyl/N-ethyl adjacent to an activating group) is 1. The fourth-order valence-electron chi connectivity index (χ4n) is 2.04. The molecule has 0 bridgehead atoms. The second-order valence-corrected chi connectivity index (χ2v) is 6.86. The van der Waals surface area contributed by atoms with Crippen molar-refractivity contribution >= 4 is 27.7 Å². The number of carbonyl (C=O) groups excluding carboxylic acids is 2. The minimum Gasteiger partial charge on any atom is -0.350 e. The van der Waals surface area contributed by atoms with Crippen molar-refractivity contribution in [1.82, 2.24) is 14.8 Å². The molecule has 0 unspecified atom stereocenters. The molecule has 1 aromatic rings. The molecule has 0 fully saturated rings. The van der Waals surface area contributed by atoms with E-state index in [1.807, 2.05) is 45.4 Å². The summed E-state index contributed by atoms with van der Waals surface area (Å²) < 4.78 is 2.74. The molecule has 0 atom stereocenters. The van der Waals surface area contributed by atoms with Gasteiger partial charge < -0.3 is 14.8 Å². The van der Waals surface area contributed by atoms with Gasteiger partial charge in [-0.05, 0) is 56.6 Å². The molecule has 21 heavy (non-hydrogen) atoms. The van der Waals surface area contributed by atoms with E-state index in [1.165, 1.54) is 0 Å². The number of carbonyl (C=O) groups is 2. The predicted molar refractivity (Wildman–Crippen MR) is 87.3 cm³/mol. The summed E-state index contributed by atoms with van der Waals surface area (Å²) in [5.41, 5.74) is 0.293. The maximum absolute atomic E-state index is 12.6. The van der Waals surface area contributed by atoms with Crippen molar-refractivity contribution in [2.45, 2.75) is 46.7 Å². The number of aryl methyl sites for hydroxylation is 1. The van der Waals surface area contributed by atoms with Gasteiger partial charge in [-0.15, -0.1) is 0 Å². The van der Waals surface area contributed by atoms with Crippen LogP contribution in [0, 0.1) is 0 Å². The van der Waals surface area contributed by atoms with Crippen molar-refractivity contribution in [3.8, 4) is 0 Å². The van der Waals surface area contributed by atoms with Crippen molar-refractivity contribution in [2.75, 3.05) is 13.1 Å². The van der Waals surface area contributed by atoms with Gasteiger partial charge >= 0.3 is 0 Å². The van der Waals surface area contributed by atoms with E-state index in [9.17, 15) is 9.59 Å². The molecule has 0 aromatic carbocycles. The van der Waals surface area contributed by atoms with Crippen LogP contribution in [0.4, 0.5) is 0 Å². The molecule has 0 saturated heterocycles. The van der Waals surface area contributed by atoms with E-state index in [0.717, 1.165) is 4.47 Å². The molecule has 1 N–H and O–H groups in total. The lowest BCUT2D eigenvalue weighted by molar-refractivity contribution is -0.123. The summed E-state index contributed by atoms with van der Waals surface area (Å²) >= 11 is 3.38. The van der Waals surface area contributed by atoms with Gasteiger partial charge in [0.2, 0.25) is 5.91 Å². The van der Waals surface area contributed by atoms with Crippen LogP contribution in [0.1, 0.15) is 45.1 Å². The highest BCUT2D eigenvalue weighted by molar-refractivity contribution is 9.10. The molecule has 0 radical (unpaired) electrons. The minimum atomic E-state index is -0.299. The van der Waals surface area contributed by atoms with Gasteiger partial charge in [0, 0.05) is 29.3 Å². The van der Waals surface area contributed by atoms with Crippen LogP contribution in [0.15, 0.2) is 16.7 Å². The molecule has 0 aliphatic heterocycles. The van der Waals surface area contributed by atoms with Gasteiger partial charge in [-0.25, -0.2) is 0 Å². The predicted octanol–water partition coefficient (Wildman–Crippen LogP) is 2.65. The zero-order chi connectivity index (χ0) is 16.2. The largest absolute Gasteiger partial charge is 0.350 e. The van der Waals surface area contributed by atoms with Gasteiger partial charge in [0.25, 0.3) is 5.91 Å². The van der Waals surface area contributed by atoms with E-state index in [-0.39, 0.29) is 23.9 Å². The van der Waals surface area contributed by atoms with Crippen LogP contribution in [-0.2, 0) is 11.3 Å². The van der Waals surface area contributed by atoms with Gasteiger partial charge in [0.15, 0.2) is 0 Å². The highest BCUT2D eigenvalue weighted by atomic mass is 79.9. The first-order valence-electron chi connectivity index (χ1n) is 7.14. The second kappa shape index (κ2) is 7.11. The smallest absolute Gasteiger partial charge is 0.270 e. The number of rotatable bonds is 5. The summed E-state index contributed by atoms with van der Waals surface area (Å²) in [5, 5.41) is 2.88. The average molecular weight is 358 g/mol. The third-order valence-corrected chi connectivity index (χ3v) is 3.37. The summed E-state index contributed by atoms with van der Waals surface area (Å²) in [6, 6.07) is 1.79. The molecule has 0 spiro atoms. The summed E-state index contributed by atoms with van der Waals surface area (Å²) in [4.78, 5) is 26.1. The molecule has 1 rings (SSSR count). The maximum atomic E-state index is 12.6. The van der Waals surface area contributed by atoms with Crippen molar-refractivity contribution in [3.05, 3.63) is 22.4 Å². The van der Waals surface area contributed by atoms with Crippen LogP contribution >= 0.6 is 15.9 Å². The summed E-state index contributed by atoms with van der Waals surface area (Å²) in [7, 11) is 0. The van der Waals surface area contributed by atoms with Gasteiger partial charge in [-0.3, -0.25) is 9.59 Å². The molecular formula is C15H24BrN3O2. The van der Waals surface area contributed by atoms with Gasteiger partial charge in [0.1, 0.15) is 5.69 Å². The SMILES string of the molecule is CCN(CC(=O)NC(C)(C)C)C(=O)c1cc(Br)cn1CC. The second-order valence-electron chi connectivity index (χ2n) is 5.95. The monoisotopic (exact) mass is 357 g/mol. The highest BCUT2D eigenvalue weighted by Crippen LogP contribution is 2.16. The third-order valence-electron chi connectivity index (χ3n) is 2.94. The van der Waals surface area contributed by atoms with E-state index >= 15 is 0 Å². The third kappa shape index (κ3) is 5.19. The Morgan fingerprint density at radius 3 is 2.43 bits per heavy atom. The van der Waals surface area contributed by atoms with Crippen LogP contribution in [0.2, 0.25) is 0 Å². The molecule has 6 heteroatoms. The zero-order valence-corrected chi connectivity index (χ0v) is 15.0. The first kappa shape index (κ1) is 17.8. The first-order chi connectivity index (χ1) is 9.67. The summed E-state index contributed by atoms with van der Waals surface area (Å²) in [5.74, 6) is -0.277. The molecule has 1 heterocycles. The van der Waals surface area contributed by atoms with Crippen molar-refractivity contribution < 1.29 is 9.59 Å². The quantitative estimate of drug-likeness (QED) is 0.880. The van der Waals surface area contributed by atoms with Crippen LogP contribution in [0.5, 0.6) is 0 Å².